The molecule has 0 N–H and O–H groups in total. The van der Waals surface area contributed by atoms with Crippen LogP contribution in [0, 0.1) is 24.1 Å². The summed E-state index contributed by atoms with van der Waals surface area (Å²) in [6.07, 6.45) is 0.584. The largest absolute Gasteiger partial charge is 0.490 e. The van der Waals surface area contributed by atoms with E-state index >= 15 is 0 Å². The zero-order valence-corrected chi connectivity index (χ0v) is 33.4. The molecular formula is C44H51FN4O7S. The summed E-state index contributed by atoms with van der Waals surface area (Å²) in [5, 5.41) is 9.38. The van der Waals surface area contributed by atoms with Crippen molar-refractivity contribution in [2.45, 2.75) is 61.9 Å². The molecule has 0 spiro atoms. The van der Waals surface area contributed by atoms with Crippen molar-refractivity contribution in [3.8, 4) is 17.6 Å². The Bertz CT molecular complexity index is 2100. The lowest BCUT2D eigenvalue weighted by atomic mass is 9.85. The van der Waals surface area contributed by atoms with Crippen LogP contribution in [0.15, 0.2) is 95.9 Å². The lowest BCUT2D eigenvalue weighted by molar-refractivity contribution is -0.0777. The van der Waals surface area contributed by atoms with E-state index in [4.69, 9.17) is 23.7 Å². The van der Waals surface area contributed by atoms with Gasteiger partial charge < -0.3 is 33.5 Å². The molecule has 3 heterocycles. The number of hydrogen-bond donors (Lipinski definition) is 0. The summed E-state index contributed by atoms with van der Waals surface area (Å²) in [5.41, 5.74) is 4.64. The SMILES string of the molecule is COCCCN1CCOc2ccc(COC3CN(S(=O)(=O)c4ccc(C)cc4)CC(OCCC#N)C3c3ccc(OC4CCN(c5cccc(F)c5)C4)cc3)cc21. The Labute approximate surface area is 335 Å². The molecule has 0 bridgehead atoms. The molecular weight excluding hydrogens is 748 g/mol. The number of anilines is 2. The van der Waals surface area contributed by atoms with E-state index in [1.165, 1.54) is 10.4 Å². The van der Waals surface area contributed by atoms with E-state index in [0.29, 0.717) is 25.5 Å². The van der Waals surface area contributed by atoms with E-state index in [9.17, 15) is 18.1 Å². The Kier molecular flexibility index (Phi) is 13.3. The minimum atomic E-state index is -3.91. The first kappa shape index (κ1) is 40.5. The van der Waals surface area contributed by atoms with Gasteiger partial charge in [-0.3, -0.25) is 0 Å². The van der Waals surface area contributed by atoms with Crippen molar-refractivity contribution >= 4 is 21.4 Å². The molecule has 13 heteroatoms. The molecule has 57 heavy (non-hydrogen) atoms. The molecule has 11 nitrogen and oxygen atoms in total. The number of sulfonamides is 1. The molecule has 4 aromatic rings. The molecule has 4 unspecified atom stereocenters. The molecule has 0 radical (unpaired) electrons. The third-order valence-corrected chi connectivity index (χ3v) is 12.7. The monoisotopic (exact) mass is 798 g/mol. The van der Waals surface area contributed by atoms with Crippen LogP contribution in [0.2, 0.25) is 0 Å². The van der Waals surface area contributed by atoms with Gasteiger partial charge in [-0.05, 0) is 79.1 Å². The molecule has 3 aliphatic heterocycles. The highest BCUT2D eigenvalue weighted by Gasteiger charge is 2.44. The highest BCUT2D eigenvalue weighted by Crippen LogP contribution is 2.38. The fourth-order valence-electron chi connectivity index (χ4n) is 7.93. The highest BCUT2D eigenvalue weighted by molar-refractivity contribution is 7.89. The summed E-state index contributed by atoms with van der Waals surface area (Å²) in [6, 6.07) is 29.5. The number of rotatable bonds is 16. The summed E-state index contributed by atoms with van der Waals surface area (Å²) in [6.45, 7) is 6.78. The lowest BCUT2D eigenvalue weighted by Crippen LogP contribution is -2.54. The number of nitrogens with zero attached hydrogens (tertiary/aromatic N) is 4. The Morgan fingerprint density at radius 1 is 0.912 bits per heavy atom. The maximum atomic E-state index is 14.2. The average molecular weight is 799 g/mol. The number of hydrogen-bond acceptors (Lipinski definition) is 10. The van der Waals surface area contributed by atoms with Crippen molar-refractivity contribution in [1.29, 1.82) is 5.26 Å². The van der Waals surface area contributed by atoms with Gasteiger partial charge in [-0.2, -0.15) is 9.57 Å². The molecule has 4 atom stereocenters. The van der Waals surface area contributed by atoms with E-state index in [-0.39, 0.29) is 55.5 Å². The Hall–Kier alpha value is -4.71. The minimum Gasteiger partial charge on any atom is -0.490 e. The van der Waals surface area contributed by atoms with Gasteiger partial charge in [0.15, 0.2) is 0 Å². The number of fused-ring (bicyclic) bond motifs is 1. The van der Waals surface area contributed by atoms with Crippen LogP contribution in [0.3, 0.4) is 0 Å². The highest BCUT2D eigenvalue weighted by atomic mass is 32.2. The van der Waals surface area contributed by atoms with Crippen molar-refractivity contribution in [2.75, 3.05) is 76.0 Å². The molecule has 302 valence electrons. The number of aryl methyl sites for hydroxylation is 1. The summed E-state index contributed by atoms with van der Waals surface area (Å²) in [5.74, 6) is 0.903. The number of methoxy groups -OCH3 is 1. The fraction of sp³-hybridized carbons (Fsp3) is 0.432. The third-order valence-electron chi connectivity index (χ3n) is 10.9. The van der Waals surface area contributed by atoms with Crippen LogP contribution in [-0.4, -0.2) is 97.2 Å². The second-order valence-corrected chi connectivity index (χ2v) is 16.8. The average Bonchev–Trinajstić information content (AvgIpc) is 3.69. The number of benzene rings is 4. The summed E-state index contributed by atoms with van der Waals surface area (Å²) < 4.78 is 74.5. The second-order valence-electron chi connectivity index (χ2n) is 14.8. The Balaban J connectivity index is 1.14. The van der Waals surface area contributed by atoms with Crippen LogP contribution in [0.1, 0.15) is 41.9 Å². The van der Waals surface area contributed by atoms with E-state index in [1.807, 2.05) is 49.4 Å². The fourth-order valence-corrected chi connectivity index (χ4v) is 9.40. The van der Waals surface area contributed by atoms with E-state index in [0.717, 1.165) is 66.3 Å². The van der Waals surface area contributed by atoms with Crippen LogP contribution in [0.4, 0.5) is 15.8 Å². The van der Waals surface area contributed by atoms with E-state index in [2.05, 4.69) is 21.9 Å². The summed E-state index contributed by atoms with van der Waals surface area (Å²) >= 11 is 0. The molecule has 3 aliphatic rings. The van der Waals surface area contributed by atoms with Crippen LogP contribution in [-0.2, 0) is 30.8 Å². The minimum absolute atomic E-state index is 0.0644. The van der Waals surface area contributed by atoms with Crippen LogP contribution in [0.25, 0.3) is 0 Å². The van der Waals surface area contributed by atoms with Crippen molar-refractivity contribution in [3.63, 3.8) is 0 Å². The van der Waals surface area contributed by atoms with Crippen LogP contribution < -0.4 is 19.3 Å². The Morgan fingerprint density at radius 2 is 1.70 bits per heavy atom. The van der Waals surface area contributed by atoms with Crippen molar-refractivity contribution in [3.05, 3.63) is 114 Å². The number of nitriles is 1. The molecule has 0 aromatic heterocycles. The predicted molar refractivity (Wildman–Crippen MR) is 216 cm³/mol. The number of ether oxygens (including phenoxy) is 5. The molecule has 7 rings (SSSR count). The first-order chi connectivity index (χ1) is 27.7. The molecule has 0 saturated carbocycles. The zero-order valence-electron chi connectivity index (χ0n) is 32.6. The smallest absolute Gasteiger partial charge is 0.243 e. The molecule has 2 fully saturated rings. The van der Waals surface area contributed by atoms with E-state index in [1.54, 1.807) is 43.5 Å². The molecule has 4 aromatic carbocycles. The second kappa shape index (κ2) is 18.7. The molecule has 0 amide bonds. The van der Waals surface area contributed by atoms with E-state index < -0.39 is 22.2 Å². The number of piperidine rings is 1. The summed E-state index contributed by atoms with van der Waals surface area (Å²) in [4.78, 5) is 4.63. The van der Waals surface area contributed by atoms with Gasteiger partial charge in [-0.1, -0.05) is 42.0 Å². The van der Waals surface area contributed by atoms with Gasteiger partial charge in [0, 0.05) is 57.9 Å². The normalized spacial score (nSPS) is 21.2. The zero-order chi connectivity index (χ0) is 39.8. The predicted octanol–water partition coefficient (Wildman–Crippen LogP) is 6.70. The van der Waals surface area contributed by atoms with Gasteiger partial charge in [-0.25, -0.2) is 12.8 Å². The van der Waals surface area contributed by atoms with Crippen LogP contribution >= 0.6 is 0 Å². The van der Waals surface area contributed by atoms with Gasteiger partial charge in [0.2, 0.25) is 10.0 Å². The van der Waals surface area contributed by atoms with Gasteiger partial charge in [0.05, 0.1) is 61.6 Å². The molecule has 2 saturated heterocycles. The first-order valence-electron chi connectivity index (χ1n) is 19.7. The van der Waals surface area contributed by atoms with Crippen molar-refractivity contribution < 1.29 is 36.5 Å². The topological polar surface area (TPSA) is 114 Å². The van der Waals surface area contributed by atoms with Gasteiger partial charge in [-0.15, -0.1) is 0 Å². The Morgan fingerprint density at radius 3 is 2.46 bits per heavy atom. The van der Waals surface area contributed by atoms with Gasteiger partial charge in [0.1, 0.15) is 30.0 Å². The van der Waals surface area contributed by atoms with Crippen molar-refractivity contribution in [1.82, 2.24) is 4.31 Å². The number of halogens is 1. The maximum absolute atomic E-state index is 14.2. The molecule has 0 aliphatic carbocycles. The quantitative estimate of drug-likeness (QED) is 0.114. The van der Waals surface area contributed by atoms with Gasteiger partial charge >= 0.3 is 0 Å². The third kappa shape index (κ3) is 9.88. The van der Waals surface area contributed by atoms with Crippen LogP contribution in [0.5, 0.6) is 11.5 Å². The van der Waals surface area contributed by atoms with Gasteiger partial charge in [0.25, 0.3) is 0 Å². The maximum Gasteiger partial charge on any atom is 0.243 e. The van der Waals surface area contributed by atoms with Crippen molar-refractivity contribution in [2.24, 2.45) is 0 Å². The summed E-state index contributed by atoms with van der Waals surface area (Å²) in [7, 11) is -2.21. The first-order valence-corrected chi connectivity index (χ1v) is 21.1. The standard InChI is InChI=1S/C44H51FN4O7S/c1-32-8-15-39(16-9-32)57(50,51)49-29-42(53-24-4-19-46)44(34-11-13-37(14-12-34)56-38-18-21-48(28-38)36-7-3-6-35(45)27-36)43(30-49)55-31-33-10-17-41-40(26-33)47(22-25-54-41)20-5-23-52-2/h3,6-17,26-27,38,42-44H,4-5,18,20-25,28-31H2,1-2H3. The lowest BCUT2D eigenvalue weighted by Gasteiger charge is -2.43.